The zero-order valence-corrected chi connectivity index (χ0v) is 15.5. The maximum Gasteiger partial charge on any atom is 0.426 e. The van der Waals surface area contributed by atoms with Gasteiger partial charge in [-0.05, 0) is 41.3 Å². The van der Waals surface area contributed by atoms with E-state index < -0.39 is 17.7 Å². The fourth-order valence-corrected chi connectivity index (χ4v) is 2.82. The van der Waals surface area contributed by atoms with Crippen LogP contribution in [0.1, 0.15) is 6.92 Å². The Labute approximate surface area is 165 Å². The number of carbonyl (C=O) groups is 1. The van der Waals surface area contributed by atoms with Crippen molar-refractivity contribution in [1.29, 1.82) is 0 Å². The lowest BCUT2D eigenvalue weighted by molar-refractivity contribution is -0.242. The number of hydrogen-bond donors (Lipinski definition) is 3. The number of anilines is 2. The molecule has 0 aromatic heterocycles. The number of aliphatic hydroxyl groups is 1. The third-order valence-corrected chi connectivity index (χ3v) is 4.62. The summed E-state index contributed by atoms with van der Waals surface area (Å²) in [5.41, 5.74) is 6.09. The number of nitrogens with one attached hydrogen (secondary N) is 1. The van der Waals surface area contributed by atoms with Gasteiger partial charge in [-0.2, -0.15) is 13.2 Å². The standard InChI is InChI=1S/C22H19F3N2O2/c1-21(29,22(23,24)25)20(28)27-19-12-11-15(13-18(19)26)17-10-6-5-9-16(17)14-7-3-2-4-8-14/h2-13,29H,26H2,1H3,(H,27,28). The number of halogens is 3. The maximum absolute atomic E-state index is 12.8. The molecule has 7 heteroatoms. The van der Waals surface area contributed by atoms with Crippen molar-refractivity contribution in [3.8, 4) is 22.3 Å². The van der Waals surface area contributed by atoms with Gasteiger partial charge in [0.05, 0.1) is 11.4 Å². The molecule has 0 saturated carbocycles. The summed E-state index contributed by atoms with van der Waals surface area (Å²) in [6.07, 6.45) is -5.11. The summed E-state index contributed by atoms with van der Waals surface area (Å²) in [7, 11) is 0. The van der Waals surface area contributed by atoms with Crippen molar-refractivity contribution in [1.82, 2.24) is 0 Å². The highest BCUT2D eigenvalue weighted by Gasteiger charge is 2.55. The first kappa shape index (κ1) is 20.4. The summed E-state index contributed by atoms with van der Waals surface area (Å²) in [4.78, 5) is 11.9. The number of rotatable bonds is 4. The highest BCUT2D eigenvalue weighted by molar-refractivity contribution is 6.00. The van der Waals surface area contributed by atoms with Crippen LogP contribution < -0.4 is 11.1 Å². The van der Waals surface area contributed by atoms with E-state index in [1.165, 1.54) is 6.07 Å². The number of nitrogens with two attached hydrogens (primary N) is 1. The Balaban J connectivity index is 1.93. The molecule has 0 aliphatic rings. The van der Waals surface area contributed by atoms with E-state index in [1.807, 2.05) is 59.9 Å². The molecule has 4 nitrogen and oxygen atoms in total. The van der Waals surface area contributed by atoms with Crippen molar-refractivity contribution >= 4 is 17.3 Å². The Hall–Kier alpha value is -3.32. The number of alkyl halides is 3. The van der Waals surface area contributed by atoms with Crippen LogP contribution >= 0.6 is 0 Å². The van der Waals surface area contributed by atoms with E-state index in [1.54, 1.807) is 12.1 Å². The second-order valence-electron chi connectivity index (χ2n) is 6.74. The topological polar surface area (TPSA) is 75.3 Å². The van der Waals surface area contributed by atoms with Crippen molar-refractivity contribution in [2.75, 3.05) is 11.1 Å². The third kappa shape index (κ3) is 4.09. The first-order valence-electron chi connectivity index (χ1n) is 8.76. The molecule has 1 amide bonds. The van der Waals surface area contributed by atoms with Gasteiger partial charge in [0.1, 0.15) is 0 Å². The average molecular weight is 400 g/mol. The van der Waals surface area contributed by atoms with Crippen LogP contribution in [0.4, 0.5) is 24.5 Å². The van der Waals surface area contributed by atoms with Crippen LogP contribution in [0.3, 0.4) is 0 Å². The third-order valence-electron chi connectivity index (χ3n) is 4.62. The minimum absolute atomic E-state index is 0.0135. The van der Waals surface area contributed by atoms with Crippen molar-refractivity contribution < 1.29 is 23.1 Å². The molecule has 0 fully saturated rings. The van der Waals surface area contributed by atoms with Crippen LogP contribution in [0.5, 0.6) is 0 Å². The second kappa shape index (κ2) is 7.60. The molecule has 4 N–H and O–H groups in total. The van der Waals surface area contributed by atoms with Gasteiger partial charge < -0.3 is 16.2 Å². The molecule has 3 rings (SSSR count). The average Bonchev–Trinajstić information content (AvgIpc) is 2.69. The van der Waals surface area contributed by atoms with Crippen LogP contribution in [0.15, 0.2) is 72.8 Å². The number of benzene rings is 3. The summed E-state index contributed by atoms with van der Waals surface area (Å²) in [6.45, 7) is 0.392. The van der Waals surface area contributed by atoms with Crippen molar-refractivity contribution in [2.24, 2.45) is 0 Å². The zero-order valence-electron chi connectivity index (χ0n) is 15.5. The fraction of sp³-hybridized carbons (Fsp3) is 0.136. The Morgan fingerprint density at radius 3 is 2.00 bits per heavy atom. The molecule has 0 bridgehead atoms. The predicted molar refractivity (Wildman–Crippen MR) is 107 cm³/mol. The summed E-state index contributed by atoms with van der Waals surface area (Å²) in [5.74, 6) is -1.60. The van der Waals surface area contributed by atoms with E-state index in [9.17, 15) is 23.1 Å². The monoisotopic (exact) mass is 400 g/mol. The zero-order chi connectivity index (χ0) is 21.2. The Morgan fingerprint density at radius 1 is 0.897 bits per heavy atom. The predicted octanol–water partition coefficient (Wildman–Crippen LogP) is 4.85. The quantitative estimate of drug-likeness (QED) is 0.548. The SMILES string of the molecule is CC(O)(C(=O)Nc1ccc(-c2ccccc2-c2ccccc2)cc1N)C(F)(F)F. The van der Waals surface area contributed by atoms with Crippen LogP contribution in [-0.2, 0) is 4.79 Å². The van der Waals surface area contributed by atoms with Gasteiger partial charge in [0.2, 0.25) is 5.60 Å². The minimum atomic E-state index is -5.11. The van der Waals surface area contributed by atoms with Crippen LogP contribution in [0.25, 0.3) is 22.3 Å². The smallest absolute Gasteiger partial charge is 0.397 e. The molecule has 1 atom stereocenters. The lowest BCUT2D eigenvalue weighted by Crippen LogP contribution is -2.52. The van der Waals surface area contributed by atoms with Crippen LogP contribution in [0, 0.1) is 0 Å². The molecule has 0 aliphatic carbocycles. The molecular weight excluding hydrogens is 381 g/mol. The van der Waals surface area contributed by atoms with Gasteiger partial charge in [-0.3, -0.25) is 4.79 Å². The van der Waals surface area contributed by atoms with Crippen molar-refractivity contribution in [3.05, 3.63) is 72.8 Å². The molecule has 0 aliphatic heterocycles. The number of amides is 1. The molecule has 1 unspecified atom stereocenters. The van der Waals surface area contributed by atoms with E-state index >= 15 is 0 Å². The van der Waals surface area contributed by atoms with Crippen molar-refractivity contribution in [3.63, 3.8) is 0 Å². The molecule has 0 saturated heterocycles. The summed E-state index contributed by atoms with van der Waals surface area (Å²) in [5, 5.41) is 11.5. The highest BCUT2D eigenvalue weighted by Crippen LogP contribution is 2.35. The molecule has 0 heterocycles. The van der Waals surface area contributed by atoms with Crippen LogP contribution in [0.2, 0.25) is 0 Å². The largest absolute Gasteiger partial charge is 0.426 e. The molecule has 0 spiro atoms. The molecule has 150 valence electrons. The second-order valence-corrected chi connectivity index (χ2v) is 6.74. The Kier molecular flexibility index (Phi) is 5.35. The number of nitrogen functional groups attached to an aromatic ring is 1. The van der Waals surface area contributed by atoms with Gasteiger partial charge in [-0.25, -0.2) is 0 Å². The van der Waals surface area contributed by atoms with Gasteiger partial charge >= 0.3 is 6.18 Å². The van der Waals surface area contributed by atoms with Gasteiger partial charge in [0.15, 0.2) is 0 Å². The van der Waals surface area contributed by atoms with E-state index in [0.29, 0.717) is 6.92 Å². The summed E-state index contributed by atoms with van der Waals surface area (Å²) in [6, 6.07) is 22.0. The Morgan fingerprint density at radius 2 is 1.45 bits per heavy atom. The van der Waals surface area contributed by atoms with Crippen molar-refractivity contribution in [2.45, 2.75) is 18.7 Å². The highest BCUT2D eigenvalue weighted by atomic mass is 19.4. The van der Waals surface area contributed by atoms with Gasteiger partial charge in [-0.15, -0.1) is 0 Å². The van der Waals surface area contributed by atoms with E-state index in [4.69, 9.17) is 5.73 Å². The molecule has 29 heavy (non-hydrogen) atoms. The first-order valence-corrected chi connectivity index (χ1v) is 8.76. The van der Waals surface area contributed by atoms with E-state index in [0.717, 1.165) is 22.3 Å². The first-order chi connectivity index (χ1) is 13.6. The van der Waals surface area contributed by atoms with Crippen LogP contribution in [-0.4, -0.2) is 22.8 Å². The Bertz CT molecular complexity index is 1030. The van der Waals surface area contributed by atoms with E-state index in [2.05, 4.69) is 0 Å². The maximum atomic E-state index is 12.8. The number of hydrogen-bond acceptors (Lipinski definition) is 3. The minimum Gasteiger partial charge on any atom is -0.397 e. The van der Waals surface area contributed by atoms with Gasteiger partial charge in [-0.1, -0.05) is 60.7 Å². The lowest BCUT2D eigenvalue weighted by Gasteiger charge is -2.25. The normalized spacial score (nSPS) is 13.6. The molecule has 3 aromatic carbocycles. The van der Waals surface area contributed by atoms with E-state index in [-0.39, 0.29) is 11.4 Å². The fourth-order valence-electron chi connectivity index (χ4n) is 2.82. The number of carbonyl (C=O) groups excluding carboxylic acids is 1. The molecular formula is C22H19F3N2O2. The van der Waals surface area contributed by atoms with Gasteiger partial charge in [0, 0.05) is 0 Å². The molecule has 0 radical (unpaired) electrons. The van der Waals surface area contributed by atoms with Gasteiger partial charge in [0.25, 0.3) is 5.91 Å². The molecule has 3 aromatic rings. The lowest BCUT2D eigenvalue weighted by atomic mass is 9.94. The summed E-state index contributed by atoms with van der Waals surface area (Å²) < 4.78 is 38.5. The summed E-state index contributed by atoms with van der Waals surface area (Å²) >= 11 is 0.